The summed E-state index contributed by atoms with van der Waals surface area (Å²) < 4.78 is 0. The van der Waals surface area contributed by atoms with Crippen molar-refractivity contribution in [3.63, 3.8) is 0 Å². The van der Waals surface area contributed by atoms with E-state index >= 15 is 0 Å². The van der Waals surface area contributed by atoms with Crippen LogP contribution in [0.5, 0.6) is 0 Å². The number of carbonyl (C=O) groups excluding carboxylic acids is 3. The summed E-state index contributed by atoms with van der Waals surface area (Å²) in [7, 11) is 0. The molecule has 0 radical (unpaired) electrons. The molecule has 30 heavy (non-hydrogen) atoms. The SMILES string of the molecule is CCNC(=O)CN1CCCN(C(=O)C2CCCN(C(=O)Cc3ccccc3)C2)CC1. The Kier molecular flexibility index (Phi) is 8.25. The fourth-order valence-corrected chi connectivity index (χ4v) is 4.35. The maximum absolute atomic E-state index is 13.2. The highest BCUT2D eigenvalue weighted by atomic mass is 16.2. The monoisotopic (exact) mass is 414 g/mol. The minimum absolute atomic E-state index is 0.0390. The molecule has 2 fully saturated rings. The lowest BCUT2D eigenvalue weighted by Crippen LogP contribution is -2.48. The second-order valence-electron chi connectivity index (χ2n) is 8.25. The summed E-state index contributed by atoms with van der Waals surface area (Å²) in [5.74, 6) is 0.181. The molecule has 0 aromatic heterocycles. The molecule has 0 spiro atoms. The number of likely N-dealkylation sites (N-methyl/N-ethyl adjacent to an activating group) is 1. The van der Waals surface area contributed by atoms with Gasteiger partial charge < -0.3 is 15.1 Å². The number of benzene rings is 1. The van der Waals surface area contributed by atoms with Crippen molar-refractivity contribution in [1.29, 1.82) is 0 Å². The summed E-state index contributed by atoms with van der Waals surface area (Å²) in [5.41, 5.74) is 1.01. The lowest BCUT2D eigenvalue weighted by molar-refractivity contribution is -0.140. The fraction of sp³-hybridized carbons (Fsp3) is 0.609. The Bertz CT molecular complexity index is 724. The van der Waals surface area contributed by atoms with Crippen LogP contribution < -0.4 is 5.32 Å². The maximum atomic E-state index is 13.2. The second kappa shape index (κ2) is 11.1. The van der Waals surface area contributed by atoms with Crippen LogP contribution in [0.3, 0.4) is 0 Å². The number of nitrogens with one attached hydrogen (secondary N) is 1. The predicted molar refractivity (Wildman–Crippen MR) is 116 cm³/mol. The molecule has 7 heteroatoms. The topological polar surface area (TPSA) is 73.0 Å². The summed E-state index contributed by atoms with van der Waals surface area (Å²) >= 11 is 0. The van der Waals surface area contributed by atoms with E-state index in [1.54, 1.807) is 0 Å². The first-order valence-corrected chi connectivity index (χ1v) is 11.2. The van der Waals surface area contributed by atoms with E-state index in [1.807, 2.05) is 47.1 Å². The maximum Gasteiger partial charge on any atom is 0.234 e. The molecule has 2 aliphatic rings. The standard InChI is InChI=1S/C23H34N4O3/c1-2-24-21(28)18-25-11-7-13-26(15-14-25)23(30)20-10-6-12-27(17-20)22(29)16-19-8-4-3-5-9-19/h3-5,8-9,20H,2,6-7,10-18H2,1H3,(H,24,28). The summed E-state index contributed by atoms with van der Waals surface area (Å²) in [4.78, 5) is 43.6. The Hall–Kier alpha value is -2.41. The van der Waals surface area contributed by atoms with Crippen LogP contribution in [0.1, 0.15) is 31.7 Å². The van der Waals surface area contributed by atoms with E-state index in [1.165, 1.54) is 0 Å². The van der Waals surface area contributed by atoms with Gasteiger partial charge in [0, 0.05) is 45.8 Å². The highest BCUT2D eigenvalue weighted by Crippen LogP contribution is 2.21. The summed E-state index contributed by atoms with van der Waals surface area (Å²) in [6.45, 7) is 7.10. The molecule has 164 valence electrons. The third-order valence-electron chi connectivity index (χ3n) is 5.96. The molecule has 2 aliphatic heterocycles. The van der Waals surface area contributed by atoms with Crippen molar-refractivity contribution in [2.24, 2.45) is 5.92 Å². The molecular weight excluding hydrogens is 380 g/mol. The van der Waals surface area contributed by atoms with Crippen molar-refractivity contribution < 1.29 is 14.4 Å². The van der Waals surface area contributed by atoms with E-state index in [9.17, 15) is 14.4 Å². The Morgan fingerprint density at radius 2 is 1.73 bits per heavy atom. The molecule has 1 N–H and O–H groups in total. The van der Waals surface area contributed by atoms with Crippen LogP contribution in [0.25, 0.3) is 0 Å². The van der Waals surface area contributed by atoms with Gasteiger partial charge in [0.25, 0.3) is 0 Å². The van der Waals surface area contributed by atoms with Crippen molar-refractivity contribution in [1.82, 2.24) is 20.0 Å². The molecular formula is C23H34N4O3. The largest absolute Gasteiger partial charge is 0.355 e. The van der Waals surface area contributed by atoms with Crippen molar-refractivity contribution in [3.05, 3.63) is 35.9 Å². The summed E-state index contributed by atoms with van der Waals surface area (Å²) in [6.07, 6.45) is 2.97. The van der Waals surface area contributed by atoms with Gasteiger partial charge in [-0.3, -0.25) is 19.3 Å². The first-order valence-electron chi connectivity index (χ1n) is 11.2. The van der Waals surface area contributed by atoms with E-state index in [0.717, 1.165) is 44.5 Å². The Labute approximate surface area is 179 Å². The molecule has 0 bridgehead atoms. The van der Waals surface area contributed by atoms with Crippen LogP contribution in [0.2, 0.25) is 0 Å². The third kappa shape index (κ3) is 6.29. The van der Waals surface area contributed by atoms with Crippen molar-refractivity contribution >= 4 is 17.7 Å². The van der Waals surface area contributed by atoms with Gasteiger partial charge in [0.05, 0.1) is 18.9 Å². The zero-order valence-corrected chi connectivity index (χ0v) is 18.0. The normalized spacial score (nSPS) is 20.5. The first kappa shape index (κ1) is 22.3. The molecule has 0 saturated carbocycles. The molecule has 1 aromatic rings. The lowest BCUT2D eigenvalue weighted by Gasteiger charge is -2.35. The Morgan fingerprint density at radius 1 is 0.967 bits per heavy atom. The number of piperidine rings is 1. The molecule has 2 heterocycles. The third-order valence-corrected chi connectivity index (χ3v) is 5.96. The minimum Gasteiger partial charge on any atom is -0.355 e. The van der Waals surface area contributed by atoms with Gasteiger partial charge in [-0.2, -0.15) is 0 Å². The summed E-state index contributed by atoms with van der Waals surface area (Å²) in [5, 5.41) is 2.83. The van der Waals surface area contributed by atoms with Crippen LogP contribution in [-0.4, -0.2) is 84.8 Å². The number of rotatable bonds is 6. The van der Waals surface area contributed by atoms with Gasteiger partial charge >= 0.3 is 0 Å². The highest BCUT2D eigenvalue weighted by molar-refractivity contribution is 5.82. The van der Waals surface area contributed by atoms with Gasteiger partial charge in [0.15, 0.2) is 0 Å². The zero-order chi connectivity index (χ0) is 21.3. The molecule has 1 unspecified atom stereocenters. The van der Waals surface area contributed by atoms with Crippen LogP contribution in [0.15, 0.2) is 30.3 Å². The quantitative estimate of drug-likeness (QED) is 0.758. The number of nitrogens with zero attached hydrogens (tertiary/aromatic N) is 3. The smallest absolute Gasteiger partial charge is 0.234 e. The molecule has 2 saturated heterocycles. The molecule has 3 rings (SSSR count). The van der Waals surface area contributed by atoms with Crippen molar-refractivity contribution in [2.45, 2.75) is 32.6 Å². The van der Waals surface area contributed by atoms with E-state index in [0.29, 0.717) is 39.1 Å². The van der Waals surface area contributed by atoms with Crippen LogP contribution in [-0.2, 0) is 20.8 Å². The van der Waals surface area contributed by atoms with Gasteiger partial charge in [-0.15, -0.1) is 0 Å². The van der Waals surface area contributed by atoms with E-state index in [-0.39, 0.29) is 23.6 Å². The van der Waals surface area contributed by atoms with Gasteiger partial charge in [0.1, 0.15) is 0 Å². The second-order valence-corrected chi connectivity index (χ2v) is 8.25. The van der Waals surface area contributed by atoms with Gasteiger partial charge in [-0.1, -0.05) is 30.3 Å². The molecule has 0 aliphatic carbocycles. The average Bonchev–Trinajstić information content (AvgIpc) is 2.99. The van der Waals surface area contributed by atoms with E-state index < -0.39 is 0 Å². The molecule has 7 nitrogen and oxygen atoms in total. The molecule has 1 aromatic carbocycles. The number of hydrogen-bond acceptors (Lipinski definition) is 4. The van der Waals surface area contributed by atoms with E-state index in [4.69, 9.17) is 0 Å². The van der Waals surface area contributed by atoms with Crippen molar-refractivity contribution in [2.75, 3.05) is 52.4 Å². The van der Waals surface area contributed by atoms with Gasteiger partial charge in [-0.25, -0.2) is 0 Å². The minimum atomic E-state index is -0.117. The Morgan fingerprint density at radius 3 is 2.50 bits per heavy atom. The average molecular weight is 415 g/mol. The van der Waals surface area contributed by atoms with Crippen LogP contribution >= 0.6 is 0 Å². The first-order chi connectivity index (χ1) is 14.6. The zero-order valence-electron chi connectivity index (χ0n) is 18.0. The highest BCUT2D eigenvalue weighted by Gasteiger charge is 2.32. The van der Waals surface area contributed by atoms with Gasteiger partial charge in [0.2, 0.25) is 17.7 Å². The van der Waals surface area contributed by atoms with E-state index in [2.05, 4.69) is 10.2 Å². The Balaban J connectivity index is 1.51. The van der Waals surface area contributed by atoms with Crippen LogP contribution in [0, 0.1) is 5.92 Å². The summed E-state index contributed by atoms with van der Waals surface area (Å²) in [6, 6.07) is 9.77. The van der Waals surface area contributed by atoms with Crippen molar-refractivity contribution in [3.8, 4) is 0 Å². The number of carbonyl (C=O) groups is 3. The lowest BCUT2D eigenvalue weighted by atomic mass is 9.95. The fourth-order valence-electron chi connectivity index (χ4n) is 4.35. The predicted octanol–water partition coefficient (Wildman–Crippen LogP) is 1.14. The number of likely N-dealkylation sites (tertiary alicyclic amines) is 1. The number of hydrogen-bond donors (Lipinski definition) is 1. The molecule has 1 atom stereocenters. The number of amides is 3. The van der Waals surface area contributed by atoms with Gasteiger partial charge in [-0.05, 0) is 31.7 Å². The molecule has 3 amide bonds. The van der Waals surface area contributed by atoms with Crippen LogP contribution in [0.4, 0.5) is 0 Å².